The Hall–Kier alpha value is -3.83. The molecule has 8 nitrogen and oxygen atoms in total. The van der Waals surface area contributed by atoms with Gasteiger partial charge in [0.15, 0.2) is 19.8 Å². The van der Waals surface area contributed by atoms with Crippen molar-refractivity contribution in [1.29, 1.82) is 0 Å². The Morgan fingerprint density at radius 1 is 0.833 bits per heavy atom. The first-order chi connectivity index (χ1) is 23.2. The molecule has 2 N–H and O–H groups in total. The lowest BCUT2D eigenvalue weighted by Crippen LogP contribution is -2.38. The van der Waals surface area contributed by atoms with E-state index >= 15 is 0 Å². The molecule has 2 unspecified atom stereocenters. The van der Waals surface area contributed by atoms with Gasteiger partial charge >= 0.3 is 0 Å². The highest BCUT2D eigenvalue weighted by Crippen LogP contribution is 2.46. The number of ether oxygens (including phenoxy) is 3. The van der Waals surface area contributed by atoms with Crippen LogP contribution in [0.15, 0.2) is 97.1 Å². The highest BCUT2D eigenvalue weighted by Gasteiger charge is 2.37. The average molecular weight is 689 g/mol. The van der Waals surface area contributed by atoms with Gasteiger partial charge in [0.2, 0.25) is 16.8 Å². The number of hydrogen-bond donors (Lipinski definition) is 1. The smallest absolute Gasteiger partial charge is 0.232 e. The van der Waals surface area contributed by atoms with Gasteiger partial charge in [0.25, 0.3) is 0 Å². The fraction of sp³-hybridized carbons (Fsp3) is 0.368. The number of rotatable bonds is 17. The fourth-order valence-corrected chi connectivity index (χ4v) is 10.5. The summed E-state index contributed by atoms with van der Waals surface area (Å²) in [7, 11) is -5.98. The van der Waals surface area contributed by atoms with Crippen molar-refractivity contribution in [3.8, 4) is 17.2 Å². The summed E-state index contributed by atoms with van der Waals surface area (Å²) >= 11 is 0. The van der Waals surface area contributed by atoms with Gasteiger partial charge in [-0.25, -0.2) is 8.42 Å². The first-order valence-electron chi connectivity index (χ1n) is 16.8. The first kappa shape index (κ1) is 35.5. The Labute approximate surface area is 287 Å². The maximum Gasteiger partial charge on any atom is 0.232 e. The van der Waals surface area contributed by atoms with E-state index in [1.165, 1.54) is 10.6 Å². The van der Waals surface area contributed by atoms with Crippen LogP contribution >= 0.6 is 0 Å². The second-order valence-electron chi connectivity index (χ2n) is 12.3. The lowest BCUT2D eigenvalue weighted by molar-refractivity contribution is 0.174. The van der Waals surface area contributed by atoms with Gasteiger partial charge < -0.3 is 24.4 Å². The largest absolute Gasteiger partial charge is 0.486 e. The zero-order valence-corrected chi connectivity index (χ0v) is 30.2. The molecule has 4 aromatic carbocycles. The minimum absolute atomic E-state index is 0.123. The van der Waals surface area contributed by atoms with Crippen molar-refractivity contribution >= 4 is 24.0 Å². The number of nitrogens with zero attached hydrogens (tertiary/aromatic N) is 1. The highest BCUT2D eigenvalue weighted by molar-refractivity contribution is 7.92. The molecule has 4 aromatic rings. The Bertz CT molecular complexity index is 1730. The van der Waals surface area contributed by atoms with Gasteiger partial charge in [-0.05, 0) is 72.4 Å². The SMILES string of the molecule is CC[Si](CC)(CC)OC(CCN)c1cccc(N(C(Cc2ccccc2)c2ccc3c(c2)OCO3)S(C)(=O)=O)c1OCc1ccccc1. The number of sulfonamides is 1. The van der Waals surface area contributed by atoms with E-state index in [-0.39, 0.29) is 19.5 Å². The highest BCUT2D eigenvalue weighted by atomic mass is 32.2. The van der Waals surface area contributed by atoms with Gasteiger partial charge in [0.05, 0.1) is 24.1 Å². The monoisotopic (exact) mass is 688 g/mol. The molecule has 0 radical (unpaired) electrons. The summed E-state index contributed by atoms with van der Waals surface area (Å²) in [6, 6.07) is 33.5. The van der Waals surface area contributed by atoms with Crippen molar-refractivity contribution < 1.29 is 27.1 Å². The van der Waals surface area contributed by atoms with Gasteiger partial charge in [0, 0.05) is 5.56 Å². The second kappa shape index (κ2) is 16.0. The van der Waals surface area contributed by atoms with Crippen LogP contribution in [0.2, 0.25) is 18.1 Å². The van der Waals surface area contributed by atoms with E-state index in [4.69, 9.17) is 24.4 Å². The van der Waals surface area contributed by atoms with Crippen LogP contribution in [0.4, 0.5) is 5.69 Å². The molecule has 0 amide bonds. The van der Waals surface area contributed by atoms with Crippen LogP contribution in [0.3, 0.4) is 0 Å². The lowest BCUT2D eigenvalue weighted by Gasteiger charge is -2.37. The molecule has 0 aromatic heterocycles. The molecule has 0 spiro atoms. The Balaban J connectivity index is 1.71. The van der Waals surface area contributed by atoms with E-state index in [9.17, 15) is 8.42 Å². The van der Waals surface area contributed by atoms with Crippen molar-refractivity contribution in [1.82, 2.24) is 0 Å². The van der Waals surface area contributed by atoms with Crippen LogP contribution in [0.1, 0.15) is 61.6 Å². The number of nitrogens with two attached hydrogens (primary N) is 1. The molecule has 48 heavy (non-hydrogen) atoms. The van der Waals surface area contributed by atoms with E-state index in [1.807, 2.05) is 97.1 Å². The molecule has 10 heteroatoms. The van der Waals surface area contributed by atoms with Crippen LogP contribution in [-0.2, 0) is 27.5 Å². The number of fused-ring (bicyclic) bond motifs is 1. The third-order valence-electron chi connectivity index (χ3n) is 9.28. The van der Waals surface area contributed by atoms with Gasteiger partial charge in [0.1, 0.15) is 12.4 Å². The normalized spacial score (nSPS) is 14.0. The molecule has 1 aliphatic heterocycles. The molecule has 0 fully saturated rings. The van der Waals surface area contributed by atoms with Crippen LogP contribution in [-0.4, -0.2) is 36.3 Å². The summed E-state index contributed by atoms with van der Waals surface area (Å²) in [4.78, 5) is 0. The molecular weight excluding hydrogens is 641 g/mol. The van der Waals surface area contributed by atoms with E-state index in [0.717, 1.165) is 40.4 Å². The molecule has 256 valence electrons. The Kier molecular flexibility index (Phi) is 11.9. The number of anilines is 1. The molecule has 0 bridgehead atoms. The summed E-state index contributed by atoms with van der Waals surface area (Å²) in [5.41, 5.74) is 10.2. The van der Waals surface area contributed by atoms with Gasteiger partial charge in [-0.2, -0.15) is 0 Å². The van der Waals surface area contributed by atoms with E-state index in [2.05, 4.69) is 20.8 Å². The van der Waals surface area contributed by atoms with Crippen LogP contribution in [0, 0.1) is 0 Å². The van der Waals surface area contributed by atoms with Crippen LogP contribution < -0.4 is 24.2 Å². The molecule has 0 saturated carbocycles. The maximum atomic E-state index is 14.1. The summed E-state index contributed by atoms with van der Waals surface area (Å²) in [6.45, 7) is 7.39. The molecular formula is C38H48N2O6SSi. The maximum absolute atomic E-state index is 14.1. The minimum atomic E-state index is -3.88. The van der Waals surface area contributed by atoms with Gasteiger partial charge in [-0.1, -0.05) is 99.6 Å². The van der Waals surface area contributed by atoms with Gasteiger partial charge in [-0.3, -0.25) is 4.31 Å². The Morgan fingerprint density at radius 2 is 1.48 bits per heavy atom. The van der Waals surface area contributed by atoms with Gasteiger partial charge in [-0.15, -0.1) is 0 Å². The third kappa shape index (κ3) is 8.23. The second-order valence-corrected chi connectivity index (χ2v) is 18.9. The summed E-state index contributed by atoms with van der Waals surface area (Å²) in [6.07, 6.45) is 1.89. The molecule has 2 atom stereocenters. The third-order valence-corrected chi connectivity index (χ3v) is 15.1. The van der Waals surface area contributed by atoms with E-state index < -0.39 is 24.4 Å². The lowest BCUT2D eigenvalue weighted by atomic mass is 9.97. The van der Waals surface area contributed by atoms with Crippen molar-refractivity contribution in [2.45, 2.75) is 70.5 Å². The predicted molar refractivity (Wildman–Crippen MR) is 195 cm³/mol. The Morgan fingerprint density at radius 3 is 2.10 bits per heavy atom. The van der Waals surface area contributed by atoms with Crippen molar-refractivity contribution in [3.05, 3.63) is 119 Å². The average Bonchev–Trinajstić information content (AvgIpc) is 3.58. The predicted octanol–water partition coefficient (Wildman–Crippen LogP) is 8.16. The fourth-order valence-electron chi connectivity index (χ4n) is 6.46. The topological polar surface area (TPSA) is 100 Å². The van der Waals surface area contributed by atoms with Crippen molar-refractivity contribution in [2.75, 3.05) is 23.9 Å². The van der Waals surface area contributed by atoms with Crippen molar-refractivity contribution in [3.63, 3.8) is 0 Å². The molecule has 1 aliphatic rings. The van der Waals surface area contributed by atoms with E-state index in [1.54, 1.807) is 0 Å². The molecule has 5 rings (SSSR count). The first-order valence-corrected chi connectivity index (χ1v) is 21.2. The van der Waals surface area contributed by atoms with Crippen LogP contribution in [0.25, 0.3) is 0 Å². The van der Waals surface area contributed by atoms with E-state index in [0.29, 0.717) is 42.3 Å². The zero-order chi connectivity index (χ0) is 34.1. The summed E-state index contributed by atoms with van der Waals surface area (Å²) in [5.74, 6) is 1.70. The summed E-state index contributed by atoms with van der Waals surface area (Å²) in [5, 5.41) is 0. The summed E-state index contributed by atoms with van der Waals surface area (Å²) < 4.78 is 54.9. The number of benzene rings is 4. The minimum Gasteiger partial charge on any atom is -0.486 e. The molecule has 1 heterocycles. The quantitative estimate of drug-likeness (QED) is 0.112. The van der Waals surface area contributed by atoms with Crippen molar-refractivity contribution in [2.24, 2.45) is 5.73 Å². The number of hydrogen-bond acceptors (Lipinski definition) is 7. The van der Waals surface area contributed by atoms with Crippen LogP contribution in [0.5, 0.6) is 17.2 Å². The number of para-hydroxylation sites is 1. The zero-order valence-electron chi connectivity index (χ0n) is 28.4. The standard InChI is InChI=1S/C38H48N2O6SSi/c1-5-48(6-2,7-3)46-35(23-24-39)32-19-14-20-33(38(32)43-27-30-17-12-9-13-18-30)40(47(4,41)42)34(25-29-15-10-8-11-16-29)31-21-22-36-37(26-31)45-28-44-36/h8-22,26,34-35H,5-7,23-25,27-28,39H2,1-4H3. The molecule has 0 saturated heterocycles. The molecule has 0 aliphatic carbocycles.